The Bertz CT molecular complexity index is 1370. The van der Waals surface area contributed by atoms with Crippen molar-refractivity contribution >= 4 is 18.0 Å². The molecule has 230 valence electrons. The van der Waals surface area contributed by atoms with Gasteiger partial charge in [0.15, 0.2) is 6.04 Å². The van der Waals surface area contributed by atoms with Gasteiger partial charge in [-0.05, 0) is 34.9 Å². The summed E-state index contributed by atoms with van der Waals surface area (Å²) in [7, 11) is 1.02. The number of amides is 1. The van der Waals surface area contributed by atoms with Crippen LogP contribution >= 0.6 is 0 Å². The van der Waals surface area contributed by atoms with E-state index in [2.05, 4.69) is 5.43 Å². The number of ether oxygens (including phenoxy) is 2. The first-order chi connectivity index (χ1) is 20.2. The van der Waals surface area contributed by atoms with Gasteiger partial charge in [-0.15, -0.1) is 0 Å². The lowest BCUT2D eigenvalue weighted by Gasteiger charge is -2.32. The molecule has 0 saturated heterocycles. The highest BCUT2D eigenvalue weighted by Gasteiger charge is 2.39. The molecule has 43 heavy (non-hydrogen) atoms. The Morgan fingerprint density at radius 1 is 0.791 bits per heavy atom. The fourth-order valence-corrected chi connectivity index (χ4v) is 4.04. The number of carbonyl (C=O) groups excluding carboxylic acids is 2. The first-order valence-electron chi connectivity index (χ1n) is 12.6. The van der Waals surface area contributed by atoms with Crippen molar-refractivity contribution in [2.75, 3.05) is 7.11 Å². The van der Waals surface area contributed by atoms with Crippen LogP contribution in [0.4, 0.5) is 31.1 Å². The van der Waals surface area contributed by atoms with Crippen molar-refractivity contribution in [1.29, 1.82) is 0 Å². The number of halogens is 6. The van der Waals surface area contributed by atoms with Gasteiger partial charge in [0.2, 0.25) is 0 Å². The summed E-state index contributed by atoms with van der Waals surface area (Å²) in [6.07, 6.45) is -12.7. The van der Waals surface area contributed by atoms with Gasteiger partial charge in [-0.3, -0.25) is 4.79 Å². The number of alkyl halides is 6. The lowest BCUT2D eigenvalue weighted by molar-refractivity contribution is -0.150. The number of hydrogen-bond acceptors (Lipinski definition) is 6. The summed E-state index contributed by atoms with van der Waals surface area (Å²) in [5, 5.41) is 10.4. The van der Waals surface area contributed by atoms with E-state index >= 15 is 0 Å². The normalized spacial score (nSPS) is 13.1. The minimum absolute atomic E-state index is 0.0902. The summed E-state index contributed by atoms with van der Waals surface area (Å²) < 4.78 is 90.5. The maximum Gasteiger partial charge on any atom is 0.425 e. The van der Waals surface area contributed by atoms with Crippen LogP contribution in [0.15, 0.2) is 78.9 Å². The molecule has 2 N–H and O–H groups in total. The van der Waals surface area contributed by atoms with Crippen molar-refractivity contribution in [3.05, 3.63) is 107 Å². The van der Waals surface area contributed by atoms with Crippen LogP contribution in [0.1, 0.15) is 27.8 Å². The number of nitrogens with one attached hydrogen (secondary N) is 1. The number of methoxy groups -OCH3 is 1. The third-order valence-electron chi connectivity index (χ3n) is 6.14. The lowest BCUT2D eigenvalue weighted by Crippen LogP contribution is -2.59. The molecule has 0 aliphatic rings. The number of carbonyl (C=O) groups is 3. The monoisotopic (exact) mass is 612 g/mol. The summed E-state index contributed by atoms with van der Waals surface area (Å²) in [4.78, 5) is 38.4. The quantitative estimate of drug-likeness (QED) is 0.164. The van der Waals surface area contributed by atoms with Crippen molar-refractivity contribution in [1.82, 2.24) is 10.4 Å². The van der Waals surface area contributed by atoms with E-state index in [1.807, 2.05) is 0 Å². The average molecular weight is 613 g/mol. The summed E-state index contributed by atoms with van der Waals surface area (Å²) >= 11 is 0. The maximum absolute atomic E-state index is 13.4. The molecule has 0 radical (unpaired) electrons. The number of hydrogen-bond donors (Lipinski definition) is 2. The maximum atomic E-state index is 13.4. The van der Waals surface area contributed by atoms with Crippen molar-refractivity contribution in [3.8, 4) is 0 Å². The first kappa shape index (κ1) is 32.9. The Balaban J connectivity index is 2.00. The molecule has 0 aliphatic heterocycles. The van der Waals surface area contributed by atoms with E-state index < -0.39 is 65.6 Å². The van der Waals surface area contributed by atoms with Crippen LogP contribution in [-0.2, 0) is 50.9 Å². The molecule has 0 unspecified atom stereocenters. The molecular weight excluding hydrogens is 586 g/mol. The highest BCUT2D eigenvalue weighted by atomic mass is 19.4. The molecule has 8 nitrogen and oxygen atoms in total. The predicted octanol–water partition coefficient (Wildman–Crippen LogP) is 5.65. The minimum atomic E-state index is -5.17. The minimum Gasteiger partial charge on any atom is -0.480 e. The fraction of sp³-hybridized carbons (Fsp3) is 0.276. The molecule has 3 rings (SSSR count). The molecule has 3 aromatic carbocycles. The highest BCUT2D eigenvalue weighted by molar-refractivity contribution is 5.82. The van der Waals surface area contributed by atoms with E-state index in [1.54, 1.807) is 60.7 Å². The second-order valence-corrected chi connectivity index (χ2v) is 9.28. The number of carboxylic acids is 1. The zero-order valence-electron chi connectivity index (χ0n) is 22.5. The first-order valence-corrected chi connectivity index (χ1v) is 12.6. The van der Waals surface area contributed by atoms with Crippen LogP contribution in [-0.4, -0.2) is 47.3 Å². The van der Waals surface area contributed by atoms with E-state index in [9.17, 15) is 45.8 Å². The number of aliphatic carboxylic acids is 1. The van der Waals surface area contributed by atoms with Crippen LogP contribution in [0.5, 0.6) is 0 Å². The van der Waals surface area contributed by atoms with Crippen LogP contribution < -0.4 is 5.43 Å². The van der Waals surface area contributed by atoms with E-state index in [0.717, 1.165) is 7.11 Å². The molecule has 0 spiro atoms. The molecule has 1 amide bonds. The topological polar surface area (TPSA) is 105 Å². The average Bonchev–Trinajstić information content (AvgIpc) is 2.96. The van der Waals surface area contributed by atoms with Gasteiger partial charge >= 0.3 is 30.4 Å². The Kier molecular flexibility index (Phi) is 10.8. The van der Waals surface area contributed by atoms with Crippen LogP contribution in [0.25, 0.3) is 0 Å². The molecule has 2 atom stereocenters. The number of hydrazine groups is 1. The summed E-state index contributed by atoms with van der Waals surface area (Å²) in [6, 6.07) is 13.6. The van der Waals surface area contributed by atoms with Gasteiger partial charge in [-0.2, -0.15) is 26.3 Å². The van der Waals surface area contributed by atoms with Gasteiger partial charge in [-0.25, -0.2) is 20.0 Å². The second-order valence-electron chi connectivity index (χ2n) is 9.28. The van der Waals surface area contributed by atoms with Gasteiger partial charge < -0.3 is 14.6 Å². The zero-order valence-corrected chi connectivity index (χ0v) is 22.5. The third-order valence-corrected chi connectivity index (χ3v) is 6.14. The Morgan fingerprint density at radius 2 is 1.30 bits per heavy atom. The van der Waals surface area contributed by atoms with Crippen molar-refractivity contribution < 1.29 is 55.3 Å². The SMILES string of the molecule is COC(=O)[C@H](Cc1ccccc1)N(N[C@@H](Cc1cc(C(F)(F)F)cc(C(F)(F)F)c1)C(=O)O)C(=O)OCc1ccccc1. The molecule has 0 heterocycles. The van der Waals surface area contributed by atoms with Gasteiger partial charge in [0.1, 0.15) is 12.6 Å². The number of esters is 1. The number of nitrogens with zero attached hydrogens (tertiary/aromatic N) is 1. The van der Waals surface area contributed by atoms with E-state index in [-0.39, 0.29) is 19.1 Å². The number of rotatable bonds is 11. The largest absolute Gasteiger partial charge is 0.480 e. The van der Waals surface area contributed by atoms with Crippen molar-refractivity contribution in [2.45, 2.75) is 43.9 Å². The molecular formula is C29H26F6N2O6. The molecule has 3 aromatic rings. The molecule has 0 bridgehead atoms. The van der Waals surface area contributed by atoms with Gasteiger partial charge in [0, 0.05) is 12.8 Å². The summed E-state index contributed by atoms with van der Waals surface area (Å²) in [5.41, 5.74) is -0.590. The number of carboxylic acid groups (broad SMARTS) is 1. The van der Waals surface area contributed by atoms with Crippen LogP contribution in [0.3, 0.4) is 0 Å². The molecule has 0 aliphatic carbocycles. The van der Waals surface area contributed by atoms with Crippen LogP contribution in [0.2, 0.25) is 0 Å². The summed E-state index contributed by atoms with van der Waals surface area (Å²) in [6.45, 7) is -0.308. The smallest absolute Gasteiger partial charge is 0.425 e. The standard InChI is InChI=1S/C29H26F6N2O6/c1-42-26(40)24(15-18-8-4-2-5-9-18)37(27(41)43-17-19-10-6-3-7-11-19)36-23(25(38)39)14-20-12-21(28(30,31)32)16-22(13-20)29(33,34)35/h2-13,16,23-24,36H,14-15,17H2,1H3,(H,38,39)/t23-,24-/m0/s1. The molecule has 0 aromatic heterocycles. The lowest BCUT2D eigenvalue weighted by atomic mass is 9.99. The van der Waals surface area contributed by atoms with Crippen molar-refractivity contribution in [2.24, 2.45) is 0 Å². The number of benzene rings is 3. The van der Waals surface area contributed by atoms with Gasteiger partial charge in [0.25, 0.3) is 0 Å². The van der Waals surface area contributed by atoms with Gasteiger partial charge in [0.05, 0.1) is 18.2 Å². The fourth-order valence-electron chi connectivity index (χ4n) is 4.04. The molecule has 0 fully saturated rings. The summed E-state index contributed by atoms with van der Waals surface area (Å²) in [5.74, 6) is -2.74. The third kappa shape index (κ3) is 9.46. The Morgan fingerprint density at radius 3 is 1.77 bits per heavy atom. The Labute approximate surface area is 241 Å². The van der Waals surface area contributed by atoms with E-state index in [1.165, 1.54) is 0 Å². The molecule has 14 heteroatoms. The zero-order chi connectivity index (χ0) is 31.8. The van der Waals surface area contributed by atoms with E-state index in [0.29, 0.717) is 28.3 Å². The van der Waals surface area contributed by atoms with Crippen molar-refractivity contribution in [3.63, 3.8) is 0 Å². The predicted molar refractivity (Wildman–Crippen MR) is 139 cm³/mol. The van der Waals surface area contributed by atoms with E-state index in [4.69, 9.17) is 9.47 Å². The molecule has 0 saturated carbocycles. The second kappa shape index (κ2) is 14.1. The Hall–Kier alpha value is -4.59. The van der Waals surface area contributed by atoms with Gasteiger partial charge in [-0.1, -0.05) is 60.7 Å². The van der Waals surface area contributed by atoms with Crippen LogP contribution in [0, 0.1) is 0 Å². The highest BCUT2D eigenvalue weighted by Crippen LogP contribution is 2.36.